The van der Waals surface area contributed by atoms with Crippen LogP contribution in [0, 0.1) is 0 Å². The summed E-state index contributed by atoms with van der Waals surface area (Å²) in [6.07, 6.45) is -1.56. The first-order chi connectivity index (χ1) is 7.06. The molecule has 82 valence electrons. The molecule has 0 heterocycles. The third-order valence-corrected chi connectivity index (χ3v) is 2.26. The quantitative estimate of drug-likeness (QED) is 0.829. The Hall–Kier alpha value is -1.26. The first-order valence-electron chi connectivity index (χ1n) is 4.28. The van der Waals surface area contributed by atoms with Crippen molar-refractivity contribution in [2.24, 2.45) is 0 Å². The van der Waals surface area contributed by atoms with Crippen LogP contribution in [0.15, 0.2) is 18.2 Å². The summed E-state index contributed by atoms with van der Waals surface area (Å²) in [5.41, 5.74) is 0.309. The van der Waals surface area contributed by atoms with Crippen molar-refractivity contribution >= 4 is 17.6 Å². The number of halogens is 1. The molecule has 5 heteroatoms. The van der Waals surface area contributed by atoms with Gasteiger partial charge < -0.3 is 14.9 Å². The summed E-state index contributed by atoms with van der Waals surface area (Å²) in [6, 6.07) is 4.86. The van der Waals surface area contributed by atoms with Crippen LogP contribution in [0.3, 0.4) is 0 Å². The topological polar surface area (TPSA) is 66.8 Å². The molecule has 1 atom stereocenters. The fourth-order valence-corrected chi connectivity index (χ4v) is 1.58. The van der Waals surface area contributed by atoms with Crippen LogP contribution >= 0.6 is 11.6 Å². The minimum Gasteiger partial charge on any atom is -0.496 e. The summed E-state index contributed by atoms with van der Waals surface area (Å²) in [7, 11) is 1.43. The predicted molar refractivity (Wildman–Crippen MR) is 55.2 cm³/mol. The lowest BCUT2D eigenvalue weighted by atomic mass is 10.1. The van der Waals surface area contributed by atoms with Gasteiger partial charge in [0.1, 0.15) is 5.75 Å². The Morgan fingerprint density at radius 1 is 1.60 bits per heavy atom. The van der Waals surface area contributed by atoms with Gasteiger partial charge in [-0.2, -0.15) is 0 Å². The maximum absolute atomic E-state index is 10.5. The normalized spacial score (nSPS) is 12.2. The third kappa shape index (κ3) is 2.84. The van der Waals surface area contributed by atoms with E-state index in [0.29, 0.717) is 16.3 Å². The summed E-state index contributed by atoms with van der Waals surface area (Å²) >= 11 is 5.85. The maximum atomic E-state index is 10.5. The number of hydrogen-bond acceptors (Lipinski definition) is 3. The molecular formula is C10H11ClO4. The number of carboxylic acid groups (broad SMARTS) is 1. The number of carboxylic acids is 1. The van der Waals surface area contributed by atoms with E-state index in [-0.39, 0.29) is 0 Å². The van der Waals surface area contributed by atoms with Crippen LogP contribution in [0.25, 0.3) is 0 Å². The average Bonchev–Trinajstić information content (AvgIpc) is 2.15. The van der Waals surface area contributed by atoms with Crippen molar-refractivity contribution in [3.63, 3.8) is 0 Å². The lowest BCUT2D eigenvalue weighted by Crippen LogP contribution is -2.07. The van der Waals surface area contributed by atoms with Gasteiger partial charge >= 0.3 is 5.97 Å². The molecule has 15 heavy (non-hydrogen) atoms. The highest BCUT2D eigenvalue weighted by Crippen LogP contribution is 2.33. The van der Waals surface area contributed by atoms with E-state index in [1.165, 1.54) is 7.11 Å². The number of aliphatic carboxylic acids is 1. The second-order valence-electron chi connectivity index (χ2n) is 2.97. The summed E-state index contributed by atoms with van der Waals surface area (Å²) in [5.74, 6) is -0.708. The van der Waals surface area contributed by atoms with E-state index in [4.69, 9.17) is 21.4 Å². The van der Waals surface area contributed by atoms with Crippen LogP contribution in [-0.2, 0) is 4.79 Å². The molecule has 0 bridgehead atoms. The number of methoxy groups -OCH3 is 1. The molecule has 0 unspecified atom stereocenters. The second kappa shape index (κ2) is 5.00. The predicted octanol–water partition coefficient (Wildman–Crippen LogP) is 1.86. The minimum atomic E-state index is -1.16. The molecule has 2 N–H and O–H groups in total. The second-order valence-corrected chi connectivity index (χ2v) is 3.38. The summed E-state index contributed by atoms with van der Waals surface area (Å²) < 4.78 is 4.99. The van der Waals surface area contributed by atoms with Crippen molar-refractivity contribution in [3.05, 3.63) is 28.8 Å². The molecule has 0 aliphatic carbocycles. The fourth-order valence-electron chi connectivity index (χ4n) is 1.29. The molecule has 0 amide bonds. The van der Waals surface area contributed by atoms with E-state index in [9.17, 15) is 9.90 Å². The molecule has 1 aromatic carbocycles. The van der Waals surface area contributed by atoms with Crippen molar-refractivity contribution in [2.45, 2.75) is 12.5 Å². The minimum absolute atomic E-state index is 0.295. The zero-order valence-corrected chi connectivity index (χ0v) is 8.86. The molecule has 0 aliphatic rings. The molecular weight excluding hydrogens is 220 g/mol. The Labute approximate surface area is 92.1 Å². The van der Waals surface area contributed by atoms with E-state index in [1.807, 2.05) is 0 Å². The highest BCUT2D eigenvalue weighted by atomic mass is 35.5. The Morgan fingerprint density at radius 2 is 2.27 bits per heavy atom. The number of aliphatic hydroxyl groups is 1. The molecule has 0 spiro atoms. The third-order valence-electron chi connectivity index (χ3n) is 1.93. The average molecular weight is 231 g/mol. The highest BCUT2D eigenvalue weighted by molar-refractivity contribution is 6.31. The van der Waals surface area contributed by atoms with Crippen molar-refractivity contribution < 1.29 is 19.7 Å². The Balaban J connectivity index is 3.05. The standard InChI is InChI=1S/C10H11ClO4/c1-15-8-4-2-3-6(11)10(8)7(12)5-9(13)14/h2-4,7,12H,5H2,1H3,(H,13,14)/t7-/m1/s1. The van der Waals surface area contributed by atoms with Gasteiger partial charge in [0.2, 0.25) is 0 Å². The van der Waals surface area contributed by atoms with E-state index in [1.54, 1.807) is 18.2 Å². The van der Waals surface area contributed by atoms with Crippen LogP contribution in [0.1, 0.15) is 18.1 Å². The van der Waals surface area contributed by atoms with E-state index in [0.717, 1.165) is 0 Å². The Kier molecular flexibility index (Phi) is 3.94. The maximum Gasteiger partial charge on any atom is 0.306 e. The molecule has 4 nitrogen and oxygen atoms in total. The molecule has 0 aromatic heterocycles. The first kappa shape index (κ1) is 11.8. The lowest BCUT2D eigenvalue weighted by Gasteiger charge is -2.14. The molecule has 0 saturated carbocycles. The fraction of sp³-hybridized carbons (Fsp3) is 0.300. The van der Waals surface area contributed by atoms with Crippen LogP contribution in [0.4, 0.5) is 0 Å². The van der Waals surface area contributed by atoms with Crippen molar-refractivity contribution in [1.82, 2.24) is 0 Å². The van der Waals surface area contributed by atoms with Crippen LogP contribution < -0.4 is 4.74 Å². The number of rotatable bonds is 4. The van der Waals surface area contributed by atoms with E-state index in [2.05, 4.69) is 0 Å². The number of benzene rings is 1. The smallest absolute Gasteiger partial charge is 0.306 e. The summed E-state index contributed by atoms with van der Waals surface area (Å²) in [5, 5.41) is 18.5. The van der Waals surface area contributed by atoms with Crippen molar-refractivity contribution in [2.75, 3.05) is 7.11 Å². The monoisotopic (exact) mass is 230 g/mol. The molecule has 0 aliphatic heterocycles. The van der Waals surface area contributed by atoms with Crippen LogP contribution in [-0.4, -0.2) is 23.3 Å². The van der Waals surface area contributed by atoms with Crippen molar-refractivity contribution in [1.29, 1.82) is 0 Å². The molecule has 0 radical (unpaired) electrons. The number of hydrogen-bond donors (Lipinski definition) is 2. The largest absolute Gasteiger partial charge is 0.496 e. The van der Waals surface area contributed by atoms with Gasteiger partial charge in [0.05, 0.1) is 24.7 Å². The van der Waals surface area contributed by atoms with Gasteiger partial charge in [-0.3, -0.25) is 4.79 Å². The zero-order valence-electron chi connectivity index (χ0n) is 8.11. The van der Waals surface area contributed by atoms with Crippen LogP contribution in [0.5, 0.6) is 5.75 Å². The van der Waals surface area contributed by atoms with Gasteiger partial charge in [-0.05, 0) is 12.1 Å². The summed E-state index contributed by atoms with van der Waals surface area (Å²) in [6.45, 7) is 0. The van der Waals surface area contributed by atoms with Crippen LogP contribution in [0.2, 0.25) is 5.02 Å². The number of ether oxygens (including phenoxy) is 1. The van der Waals surface area contributed by atoms with Crippen molar-refractivity contribution in [3.8, 4) is 5.75 Å². The van der Waals surface area contributed by atoms with E-state index < -0.39 is 18.5 Å². The Morgan fingerprint density at radius 3 is 2.80 bits per heavy atom. The van der Waals surface area contributed by atoms with Gasteiger partial charge in [0.25, 0.3) is 0 Å². The van der Waals surface area contributed by atoms with Gasteiger partial charge in [0, 0.05) is 5.56 Å². The van der Waals surface area contributed by atoms with Gasteiger partial charge in [0.15, 0.2) is 0 Å². The number of aliphatic hydroxyl groups excluding tert-OH is 1. The van der Waals surface area contributed by atoms with E-state index >= 15 is 0 Å². The van der Waals surface area contributed by atoms with Gasteiger partial charge in [-0.15, -0.1) is 0 Å². The molecule has 1 rings (SSSR count). The zero-order chi connectivity index (χ0) is 11.4. The highest BCUT2D eigenvalue weighted by Gasteiger charge is 2.19. The van der Waals surface area contributed by atoms with Gasteiger partial charge in [-0.25, -0.2) is 0 Å². The SMILES string of the molecule is COc1cccc(Cl)c1[C@H](O)CC(=O)O. The molecule has 0 fully saturated rings. The number of carbonyl (C=O) groups is 1. The summed E-state index contributed by atoms with van der Waals surface area (Å²) in [4.78, 5) is 10.5. The molecule has 0 saturated heterocycles. The lowest BCUT2D eigenvalue weighted by molar-refractivity contribution is -0.139. The molecule has 1 aromatic rings. The first-order valence-corrected chi connectivity index (χ1v) is 4.66. The Bertz CT molecular complexity index is 364. The van der Waals surface area contributed by atoms with Gasteiger partial charge in [-0.1, -0.05) is 17.7 Å².